The Morgan fingerprint density at radius 2 is 1.54 bits per heavy atom. The van der Waals surface area contributed by atoms with Gasteiger partial charge in [-0.2, -0.15) is 0 Å². The van der Waals surface area contributed by atoms with Gasteiger partial charge in [0.2, 0.25) is 5.78 Å². The van der Waals surface area contributed by atoms with E-state index in [1.165, 1.54) is 6.26 Å². The van der Waals surface area contributed by atoms with Crippen molar-refractivity contribution < 1.29 is 18.8 Å². The highest BCUT2D eigenvalue weighted by Gasteiger charge is 2.27. The lowest BCUT2D eigenvalue weighted by molar-refractivity contribution is -0.139. The van der Waals surface area contributed by atoms with Gasteiger partial charge in [-0.15, -0.1) is 0 Å². The molecule has 3 aromatic rings. The van der Waals surface area contributed by atoms with Crippen LogP contribution >= 0.6 is 0 Å². The fraction of sp³-hybridized carbons (Fsp3) is 0.136. The molecule has 0 spiro atoms. The quantitative estimate of drug-likeness (QED) is 0.591. The predicted molar refractivity (Wildman–Crippen MR) is 103 cm³/mol. The molecule has 0 radical (unpaired) electrons. The molecule has 1 aromatic heterocycles. The van der Waals surface area contributed by atoms with E-state index in [9.17, 15) is 14.4 Å². The minimum atomic E-state index is -0.980. The molecule has 142 valence electrons. The van der Waals surface area contributed by atoms with Crippen LogP contribution in [0.4, 0.5) is 0 Å². The van der Waals surface area contributed by atoms with E-state index in [0.29, 0.717) is 11.3 Å². The van der Waals surface area contributed by atoms with E-state index in [1.54, 1.807) is 42.5 Å². The molecule has 1 atom stereocenters. The van der Waals surface area contributed by atoms with E-state index in [0.717, 1.165) is 5.56 Å². The maximum absolute atomic E-state index is 12.7. The van der Waals surface area contributed by atoms with Gasteiger partial charge in [-0.25, -0.2) is 0 Å². The van der Waals surface area contributed by atoms with Crippen LogP contribution in [0.2, 0.25) is 0 Å². The number of benzene rings is 2. The molecule has 0 saturated carbocycles. The fourth-order valence-electron chi connectivity index (χ4n) is 2.72. The average Bonchev–Trinajstić information content (AvgIpc) is 3.26. The van der Waals surface area contributed by atoms with Crippen LogP contribution < -0.4 is 10.6 Å². The molecule has 2 N–H and O–H groups in total. The summed E-state index contributed by atoms with van der Waals surface area (Å²) in [6.45, 7) is 0.0995. The lowest BCUT2D eigenvalue weighted by Gasteiger charge is -2.17. The molecule has 0 aliphatic rings. The Morgan fingerprint density at radius 3 is 2.18 bits per heavy atom. The summed E-state index contributed by atoms with van der Waals surface area (Å²) >= 11 is 0. The topological polar surface area (TPSA) is 88.4 Å². The van der Waals surface area contributed by atoms with Crippen molar-refractivity contribution in [2.75, 3.05) is 0 Å². The molecule has 6 heteroatoms. The molecule has 0 saturated heterocycles. The highest BCUT2D eigenvalue weighted by molar-refractivity contribution is 6.38. The number of carbonyl (C=O) groups is 3. The smallest absolute Gasteiger partial charge is 0.289 e. The van der Waals surface area contributed by atoms with Gasteiger partial charge in [-0.1, -0.05) is 48.5 Å². The SMILES string of the molecule is O=C(NCc1ccco1)C(=O)[C@@H](Cc1ccccc1)NC(=O)c1ccccc1. The molecule has 2 aromatic carbocycles. The van der Waals surface area contributed by atoms with Gasteiger partial charge in [-0.05, 0) is 29.8 Å². The second kappa shape index (κ2) is 9.32. The first kappa shape index (κ1) is 19.1. The summed E-state index contributed by atoms with van der Waals surface area (Å²) in [4.78, 5) is 37.6. The summed E-state index contributed by atoms with van der Waals surface area (Å²) in [6, 6.07) is 20.2. The first-order chi connectivity index (χ1) is 13.6. The number of rotatable bonds is 8. The van der Waals surface area contributed by atoms with Gasteiger partial charge in [0, 0.05) is 12.0 Å². The standard InChI is InChI=1S/C22H20N2O4/c25-20(22(27)23-15-18-12-7-13-28-18)19(14-16-8-3-1-4-9-16)24-21(26)17-10-5-2-6-11-17/h1-13,19H,14-15H2,(H,23,27)(H,24,26)/t19-/m1/s1. The molecule has 0 aliphatic carbocycles. The van der Waals surface area contributed by atoms with E-state index < -0.39 is 23.6 Å². The van der Waals surface area contributed by atoms with Crippen LogP contribution in [0, 0.1) is 0 Å². The molecule has 0 aliphatic heterocycles. The first-order valence-corrected chi connectivity index (χ1v) is 8.88. The molecule has 0 fully saturated rings. The van der Waals surface area contributed by atoms with Gasteiger partial charge >= 0.3 is 0 Å². The van der Waals surface area contributed by atoms with Crippen LogP contribution in [-0.2, 0) is 22.6 Å². The maximum Gasteiger partial charge on any atom is 0.289 e. The van der Waals surface area contributed by atoms with Crippen LogP contribution in [0.15, 0.2) is 83.5 Å². The van der Waals surface area contributed by atoms with Gasteiger partial charge in [0.1, 0.15) is 11.8 Å². The molecule has 0 unspecified atom stereocenters. The van der Waals surface area contributed by atoms with E-state index in [-0.39, 0.29) is 13.0 Å². The predicted octanol–water partition coefficient (Wildman–Crippen LogP) is 2.51. The Balaban J connectivity index is 1.71. The largest absolute Gasteiger partial charge is 0.467 e. The third kappa shape index (κ3) is 5.17. The summed E-state index contributed by atoms with van der Waals surface area (Å²) in [5.41, 5.74) is 1.26. The van der Waals surface area contributed by atoms with E-state index in [1.807, 2.05) is 30.3 Å². The average molecular weight is 376 g/mol. The molecule has 3 rings (SSSR count). The van der Waals surface area contributed by atoms with Crippen molar-refractivity contribution >= 4 is 17.6 Å². The van der Waals surface area contributed by atoms with Gasteiger partial charge in [0.25, 0.3) is 11.8 Å². The van der Waals surface area contributed by atoms with Crippen LogP contribution in [0.5, 0.6) is 0 Å². The Hall–Kier alpha value is -3.67. The molecular weight excluding hydrogens is 356 g/mol. The lowest BCUT2D eigenvalue weighted by atomic mass is 10.0. The number of carbonyl (C=O) groups excluding carboxylic acids is 3. The monoisotopic (exact) mass is 376 g/mol. The van der Waals surface area contributed by atoms with Gasteiger partial charge < -0.3 is 15.1 Å². The maximum atomic E-state index is 12.7. The summed E-state index contributed by atoms with van der Waals surface area (Å²) in [7, 11) is 0. The summed E-state index contributed by atoms with van der Waals surface area (Å²) < 4.78 is 5.15. The fourth-order valence-corrected chi connectivity index (χ4v) is 2.72. The van der Waals surface area contributed by atoms with Crippen molar-refractivity contribution in [3.05, 3.63) is 95.9 Å². The minimum absolute atomic E-state index is 0.0995. The number of Topliss-reactive ketones (excluding diaryl/α,β-unsaturated/α-hetero) is 1. The van der Waals surface area contributed by atoms with Crippen molar-refractivity contribution in [1.82, 2.24) is 10.6 Å². The Morgan fingerprint density at radius 1 is 0.857 bits per heavy atom. The zero-order valence-corrected chi connectivity index (χ0v) is 15.1. The van der Waals surface area contributed by atoms with Crippen LogP contribution in [0.1, 0.15) is 21.7 Å². The normalized spacial score (nSPS) is 11.4. The molecular formula is C22H20N2O4. The Kier molecular flexibility index (Phi) is 6.36. The van der Waals surface area contributed by atoms with E-state index in [4.69, 9.17) is 4.42 Å². The zero-order chi connectivity index (χ0) is 19.8. The molecule has 0 bridgehead atoms. The van der Waals surface area contributed by atoms with Crippen LogP contribution in [0.25, 0.3) is 0 Å². The number of ketones is 1. The van der Waals surface area contributed by atoms with Crippen molar-refractivity contribution in [3.8, 4) is 0 Å². The van der Waals surface area contributed by atoms with Crippen molar-refractivity contribution in [2.45, 2.75) is 19.0 Å². The molecule has 2 amide bonds. The second-order valence-corrected chi connectivity index (χ2v) is 6.21. The van der Waals surface area contributed by atoms with E-state index >= 15 is 0 Å². The van der Waals surface area contributed by atoms with Crippen LogP contribution in [0.3, 0.4) is 0 Å². The summed E-state index contributed by atoms with van der Waals surface area (Å²) in [6.07, 6.45) is 1.70. The third-order valence-electron chi connectivity index (χ3n) is 4.17. The van der Waals surface area contributed by atoms with Crippen molar-refractivity contribution in [3.63, 3.8) is 0 Å². The highest BCUT2D eigenvalue weighted by Crippen LogP contribution is 2.07. The number of hydrogen-bond acceptors (Lipinski definition) is 4. The van der Waals surface area contributed by atoms with Crippen molar-refractivity contribution in [2.24, 2.45) is 0 Å². The third-order valence-corrected chi connectivity index (χ3v) is 4.17. The number of furan rings is 1. The Bertz CT molecular complexity index is 922. The lowest BCUT2D eigenvalue weighted by Crippen LogP contribution is -2.48. The second-order valence-electron chi connectivity index (χ2n) is 6.21. The van der Waals surface area contributed by atoms with E-state index in [2.05, 4.69) is 10.6 Å². The minimum Gasteiger partial charge on any atom is -0.467 e. The van der Waals surface area contributed by atoms with Crippen molar-refractivity contribution in [1.29, 1.82) is 0 Å². The number of amides is 2. The molecule has 1 heterocycles. The highest BCUT2D eigenvalue weighted by atomic mass is 16.3. The van der Waals surface area contributed by atoms with Gasteiger partial charge in [0.15, 0.2) is 0 Å². The summed E-state index contributed by atoms with van der Waals surface area (Å²) in [5.74, 6) is -1.35. The molecule has 6 nitrogen and oxygen atoms in total. The summed E-state index contributed by atoms with van der Waals surface area (Å²) in [5, 5.41) is 5.21. The Labute approximate surface area is 162 Å². The zero-order valence-electron chi connectivity index (χ0n) is 15.1. The first-order valence-electron chi connectivity index (χ1n) is 8.88. The molecule has 28 heavy (non-hydrogen) atoms. The van der Waals surface area contributed by atoms with Crippen LogP contribution in [-0.4, -0.2) is 23.6 Å². The number of nitrogens with one attached hydrogen (secondary N) is 2. The number of hydrogen-bond donors (Lipinski definition) is 2. The van der Waals surface area contributed by atoms with Gasteiger partial charge in [0.05, 0.1) is 12.8 Å². The van der Waals surface area contributed by atoms with Gasteiger partial charge in [-0.3, -0.25) is 14.4 Å².